The summed E-state index contributed by atoms with van der Waals surface area (Å²) < 4.78 is 0. The first-order valence-electron chi connectivity index (χ1n) is 3.83. The number of carboxylic acid groups (broad SMARTS) is 1. The molecule has 4 heteroatoms. The molecule has 3 nitrogen and oxygen atoms in total. The second kappa shape index (κ2) is 3.97. The van der Waals surface area contributed by atoms with Crippen molar-refractivity contribution >= 4 is 18.6 Å². The van der Waals surface area contributed by atoms with E-state index in [2.05, 4.69) is 12.6 Å². The number of hydrogen-bond acceptors (Lipinski definition) is 3. The van der Waals surface area contributed by atoms with Gasteiger partial charge in [-0.2, -0.15) is 12.6 Å². The van der Waals surface area contributed by atoms with Crippen LogP contribution in [0, 0.1) is 0 Å². The Kier molecular flexibility index (Phi) is 3.20. The maximum Gasteiger partial charge on any atom is 0.321 e. The van der Waals surface area contributed by atoms with Crippen molar-refractivity contribution in [3.05, 3.63) is 0 Å². The fourth-order valence-electron chi connectivity index (χ4n) is 1.40. The summed E-state index contributed by atoms with van der Waals surface area (Å²) in [5.41, 5.74) is 0. The molecule has 1 aliphatic heterocycles. The Morgan fingerprint density at radius 3 is 2.45 bits per heavy atom. The Labute approximate surface area is 71.8 Å². The third kappa shape index (κ3) is 2.10. The van der Waals surface area contributed by atoms with E-state index in [0.717, 1.165) is 25.9 Å². The summed E-state index contributed by atoms with van der Waals surface area (Å²) in [6, 6.07) is -0.374. The van der Waals surface area contributed by atoms with Crippen molar-refractivity contribution in [2.24, 2.45) is 0 Å². The first-order chi connectivity index (χ1) is 5.25. The minimum absolute atomic E-state index is 0.374. The summed E-state index contributed by atoms with van der Waals surface area (Å²) >= 11 is 4.01. The maximum absolute atomic E-state index is 10.6. The van der Waals surface area contributed by atoms with E-state index in [1.54, 1.807) is 0 Å². The van der Waals surface area contributed by atoms with Crippen molar-refractivity contribution in [1.29, 1.82) is 0 Å². The molecule has 0 radical (unpaired) electrons. The van der Waals surface area contributed by atoms with Crippen LogP contribution < -0.4 is 0 Å². The van der Waals surface area contributed by atoms with Gasteiger partial charge in [-0.15, -0.1) is 0 Å². The second-order valence-corrected chi connectivity index (χ2v) is 3.14. The van der Waals surface area contributed by atoms with Gasteiger partial charge in [0, 0.05) is 5.75 Å². The fraction of sp³-hybridized carbons (Fsp3) is 0.857. The number of hydrogen-bond donors (Lipinski definition) is 2. The van der Waals surface area contributed by atoms with Crippen molar-refractivity contribution in [2.75, 3.05) is 18.8 Å². The summed E-state index contributed by atoms with van der Waals surface area (Å²) in [5, 5.41) is 8.74. The molecule has 0 aromatic rings. The lowest BCUT2D eigenvalue weighted by atomic mass is 10.3. The molecule has 1 saturated heterocycles. The molecule has 1 fully saturated rings. The van der Waals surface area contributed by atoms with Crippen LogP contribution in [0.4, 0.5) is 0 Å². The van der Waals surface area contributed by atoms with Crippen LogP contribution in [0.15, 0.2) is 0 Å². The molecule has 1 atom stereocenters. The molecule has 1 heterocycles. The van der Waals surface area contributed by atoms with E-state index in [1.165, 1.54) is 0 Å². The van der Waals surface area contributed by atoms with Crippen LogP contribution in [-0.4, -0.2) is 40.9 Å². The monoisotopic (exact) mass is 175 g/mol. The van der Waals surface area contributed by atoms with Crippen molar-refractivity contribution in [3.8, 4) is 0 Å². The molecule has 0 saturated carbocycles. The lowest BCUT2D eigenvalue weighted by molar-refractivity contribution is -0.141. The molecule has 1 N–H and O–H groups in total. The lowest BCUT2D eigenvalue weighted by Gasteiger charge is -2.21. The van der Waals surface area contributed by atoms with E-state index in [1.807, 2.05) is 4.90 Å². The molecule has 1 rings (SSSR count). The van der Waals surface area contributed by atoms with Gasteiger partial charge in [0.15, 0.2) is 0 Å². The molecule has 0 amide bonds. The molecule has 64 valence electrons. The Morgan fingerprint density at radius 1 is 1.55 bits per heavy atom. The largest absolute Gasteiger partial charge is 0.480 e. The Bertz CT molecular complexity index is 145. The molecule has 0 aromatic heterocycles. The first kappa shape index (κ1) is 8.87. The van der Waals surface area contributed by atoms with Gasteiger partial charge in [0.2, 0.25) is 0 Å². The average molecular weight is 175 g/mol. The number of thiol groups is 1. The number of nitrogens with zero attached hydrogens (tertiary/aromatic N) is 1. The van der Waals surface area contributed by atoms with Gasteiger partial charge in [-0.25, -0.2) is 0 Å². The van der Waals surface area contributed by atoms with Crippen LogP contribution in [0.1, 0.15) is 12.8 Å². The summed E-state index contributed by atoms with van der Waals surface area (Å²) in [6.07, 6.45) is 2.25. The zero-order valence-electron chi connectivity index (χ0n) is 6.36. The zero-order chi connectivity index (χ0) is 8.27. The first-order valence-corrected chi connectivity index (χ1v) is 4.46. The van der Waals surface area contributed by atoms with Gasteiger partial charge in [-0.1, -0.05) is 0 Å². The normalized spacial score (nSPS) is 21.9. The SMILES string of the molecule is O=C(O)C(CS)N1CCCC1. The summed E-state index contributed by atoms with van der Waals surface area (Å²) in [7, 11) is 0. The van der Waals surface area contributed by atoms with Crippen molar-refractivity contribution in [2.45, 2.75) is 18.9 Å². The van der Waals surface area contributed by atoms with Gasteiger partial charge in [0.05, 0.1) is 0 Å². The highest BCUT2D eigenvalue weighted by Gasteiger charge is 2.25. The van der Waals surface area contributed by atoms with Crippen molar-refractivity contribution in [1.82, 2.24) is 4.90 Å². The van der Waals surface area contributed by atoms with Gasteiger partial charge in [0.1, 0.15) is 6.04 Å². The predicted octanol–water partition coefficient (Wildman–Crippen LogP) is 0.465. The van der Waals surface area contributed by atoms with Crippen LogP contribution in [0.5, 0.6) is 0 Å². The summed E-state index contributed by atoms with van der Waals surface area (Å²) in [4.78, 5) is 12.6. The third-order valence-electron chi connectivity index (χ3n) is 2.04. The van der Waals surface area contributed by atoms with Crippen molar-refractivity contribution < 1.29 is 9.90 Å². The molecule has 1 unspecified atom stereocenters. The summed E-state index contributed by atoms with van der Waals surface area (Å²) in [6.45, 7) is 1.83. The summed E-state index contributed by atoms with van der Waals surface area (Å²) in [5.74, 6) is -0.336. The standard InChI is InChI=1S/C7H13NO2S/c9-7(10)6(5-11)8-3-1-2-4-8/h6,11H,1-5H2,(H,9,10). The third-order valence-corrected chi connectivity index (χ3v) is 2.39. The molecule has 1 aliphatic rings. The quantitative estimate of drug-likeness (QED) is 0.612. The maximum atomic E-state index is 10.6. The van der Waals surface area contributed by atoms with Crippen molar-refractivity contribution in [3.63, 3.8) is 0 Å². The van der Waals surface area contributed by atoms with Crippen LogP contribution in [0.2, 0.25) is 0 Å². The van der Waals surface area contributed by atoms with E-state index >= 15 is 0 Å². The predicted molar refractivity (Wildman–Crippen MR) is 46.1 cm³/mol. The van der Waals surface area contributed by atoms with E-state index in [4.69, 9.17) is 5.11 Å². The van der Waals surface area contributed by atoms with E-state index in [0.29, 0.717) is 5.75 Å². The van der Waals surface area contributed by atoms with Crippen LogP contribution >= 0.6 is 12.6 Å². The van der Waals surface area contributed by atoms with Crippen LogP contribution in [0.3, 0.4) is 0 Å². The number of carboxylic acids is 1. The lowest BCUT2D eigenvalue weighted by Crippen LogP contribution is -2.40. The Morgan fingerprint density at radius 2 is 2.09 bits per heavy atom. The molecule has 0 spiro atoms. The number of carbonyl (C=O) groups is 1. The Hall–Kier alpha value is -0.220. The average Bonchev–Trinajstić information content (AvgIpc) is 2.40. The molecule has 0 bridgehead atoms. The molecule has 0 aromatic carbocycles. The highest BCUT2D eigenvalue weighted by Crippen LogP contribution is 2.12. The van der Waals surface area contributed by atoms with Gasteiger partial charge in [0.25, 0.3) is 0 Å². The highest BCUT2D eigenvalue weighted by atomic mass is 32.1. The van der Waals surface area contributed by atoms with Gasteiger partial charge in [-0.05, 0) is 25.9 Å². The van der Waals surface area contributed by atoms with Gasteiger partial charge >= 0.3 is 5.97 Å². The minimum Gasteiger partial charge on any atom is -0.480 e. The smallest absolute Gasteiger partial charge is 0.321 e. The Balaban J connectivity index is 2.46. The number of aliphatic carboxylic acids is 1. The van der Waals surface area contributed by atoms with Gasteiger partial charge < -0.3 is 5.11 Å². The molecular formula is C7H13NO2S. The van der Waals surface area contributed by atoms with E-state index in [9.17, 15) is 4.79 Å². The number of likely N-dealkylation sites (tertiary alicyclic amines) is 1. The highest BCUT2D eigenvalue weighted by molar-refractivity contribution is 7.80. The van der Waals surface area contributed by atoms with Crippen LogP contribution in [0.25, 0.3) is 0 Å². The topological polar surface area (TPSA) is 40.5 Å². The molecule has 0 aliphatic carbocycles. The molecule has 11 heavy (non-hydrogen) atoms. The van der Waals surface area contributed by atoms with Gasteiger partial charge in [-0.3, -0.25) is 9.69 Å². The zero-order valence-corrected chi connectivity index (χ0v) is 7.26. The van der Waals surface area contributed by atoms with E-state index in [-0.39, 0.29) is 6.04 Å². The molecular weight excluding hydrogens is 162 g/mol. The van der Waals surface area contributed by atoms with E-state index < -0.39 is 5.97 Å². The van der Waals surface area contributed by atoms with Crippen LogP contribution in [-0.2, 0) is 4.79 Å². The number of rotatable bonds is 3. The minimum atomic E-state index is -0.748. The fourth-order valence-corrected chi connectivity index (χ4v) is 1.79. The second-order valence-electron chi connectivity index (χ2n) is 2.78.